The van der Waals surface area contributed by atoms with Crippen molar-refractivity contribution in [3.8, 4) is 0 Å². The van der Waals surface area contributed by atoms with E-state index in [4.69, 9.17) is 13.9 Å². The van der Waals surface area contributed by atoms with E-state index >= 15 is 0 Å². The maximum Gasteiger partial charge on any atom is 0.407 e. The standard InChI is InChI=1S/C24H35N3O7Si/c1-24(2,3)35(4,5)34-20-17(13-25-23(31)32-15-16-9-7-6-8-10-16)18(14-28)33-21(20)27-12-11-19(29)26-22(27)30/h6-12,17-18,20-21,28H,13-15H2,1-5H3,(H,25,31)(H,26,29,30)/t17-,18-,20-,21-/m1/s1. The van der Waals surface area contributed by atoms with Crippen molar-refractivity contribution in [3.05, 3.63) is 69.0 Å². The Morgan fingerprint density at radius 2 is 1.89 bits per heavy atom. The first-order valence-electron chi connectivity index (χ1n) is 11.6. The number of aliphatic hydroxyl groups is 1. The van der Waals surface area contributed by atoms with Crippen LogP contribution >= 0.6 is 0 Å². The number of amides is 1. The Morgan fingerprint density at radius 1 is 1.20 bits per heavy atom. The molecule has 1 aliphatic rings. The van der Waals surface area contributed by atoms with Gasteiger partial charge in [0.2, 0.25) is 0 Å². The lowest BCUT2D eigenvalue weighted by Crippen LogP contribution is -2.50. The maximum atomic E-state index is 12.6. The topological polar surface area (TPSA) is 132 Å². The fraction of sp³-hybridized carbons (Fsp3) is 0.542. The molecule has 1 saturated heterocycles. The van der Waals surface area contributed by atoms with Gasteiger partial charge in [-0.05, 0) is 23.7 Å². The first-order valence-corrected chi connectivity index (χ1v) is 14.5. The second-order valence-electron chi connectivity index (χ2n) is 10.2. The fourth-order valence-electron chi connectivity index (χ4n) is 3.70. The molecule has 4 atom stereocenters. The zero-order chi connectivity index (χ0) is 25.8. The minimum atomic E-state index is -2.37. The van der Waals surface area contributed by atoms with E-state index in [-0.39, 0.29) is 24.8 Å². The molecule has 11 heteroatoms. The maximum absolute atomic E-state index is 12.6. The molecule has 0 unspecified atom stereocenters. The third-order valence-corrected chi connectivity index (χ3v) is 11.2. The molecule has 1 aromatic heterocycles. The van der Waals surface area contributed by atoms with E-state index in [1.165, 1.54) is 16.8 Å². The summed E-state index contributed by atoms with van der Waals surface area (Å²) in [5.74, 6) is -0.470. The van der Waals surface area contributed by atoms with Gasteiger partial charge in [-0.2, -0.15) is 0 Å². The number of rotatable bonds is 8. The van der Waals surface area contributed by atoms with Gasteiger partial charge >= 0.3 is 11.8 Å². The largest absolute Gasteiger partial charge is 0.445 e. The van der Waals surface area contributed by atoms with Gasteiger partial charge < -0.3 is 24.3 Å². The van der Waals surface area contributed by atoms with Crippen LogP contribution < -0.4 is 16.6 Å². The summed E-state index contributed by atoms with van der Waals surface area (Å²) in [7, 11) is -2.37. The predicted octanol–water partition coefficient (Wildman–Crippen LogP) is 2.36. The van der Waals surface area contributed by atoms with Crippen LogP contribution in [0.5, 0.6) is 0 Å². The van der Waals surface area contributed by atoms with Crippen molar-refractivity contribution in [1.82, 2.24) is 14.9 Å². The van der Waals surface area contributed by atoms with Gasteiger partial charge in [0, 0.05) is 24.7 Å². The smallest absolute Gasteiger partial charge is 0.407 e. The Kier molecular flexibility index (Phi) is 8.36. The summed E-state index contributed by atoms with van der Waals surface area (Å²) in [5.41, 5.74) is -0.306. The van der Waals surface area contributed by atoms with Crippen LogP contribution in [0.3, 0.4) is 0 Å². The number of benzene rings is 1. The van der Waals surface area contributed by atoms with Gasteiger partial charge in [-0.1, -0.05) is 51.1 Å². The summed E-state index contributed by atoms with van der Waals surface area (Å²) in [6, 6.07) is 10.5. The lowest BCUT2D eigenvalue weighted by atomic mass is 9.98. The number of H-pyrrole nitrogens is 1. The van der Waals surface area contributed by atoms with E-state index in [2.05, 4.69) is 44.2 Å². The quantitative estimate of drug-likeness (QED) is 0.469. The Hall–Kier alpha value is -2.73. The summed E-state index contributed by atoms with van der Waals surface area (Å²) in [5, 5.41) is 12.7. The van der Waals surface area contributed by atoms with Crippen LogP contribution in [0.4, 0.5) is 4.79 Å². The number of ether oxygens (including phenoxy) is 2. The monoisotopic (exact) mass is 505 g/mol. The number of aromatic amines is 1. The average molecular weight is 506 g/mol. The first kappa shape index (κ1) is 26.9. The molecule has 0 saturated carbocycles. The van der Waals surface area contributed by atoms with Crippen molar-refractivity contribution in [2.45, 2.75) is 63.9 Å². The zero-order valence-electron chi connectivity index (χ0n) is 20.8. The SMILES string of the molecule is CC(C)(C)[Si](C)(C)O[C@@H]1[C@H](CNC(=O)OCc2ccccc2)[C@@H](CO)O[C@H]1n1ccc(=O)[nH]c1=O. The van der Waals surface area contributed by atoms with E-state index in [0.717, 1.165) is 5.56 Å². The van der Waals surface area contributed by atoms with Crippen molar-refractivity contribution in [2.75, 3.05) is 13.2 Å². The second-order valence-corrected chi connectivity index (χ2v) is 15.0. The minimum Gasteiger partial charge on any atom is -0.445 e. The van der Waals surface area contributed by atoms with Crippen molar-refractivity contribution >= 4 is 14.4 Å². The lowest BCUT2D eigenvalue weighted by molar-refractivity contribution is -0.0511. The van der Waals surface area contributed by atoms with Gasteiger partial charge in [-0.3, -0.25) is 14.3 Å². The van der Waals surface area contributed by atoms with Crippen molar-refractivity contribution in [3.63, 3.8) is 0 Å². The predicted molar refractivity (Wildman–Crippen MR) is 133 cm³/mol. The number of alkyl carbamates (subject to hydrolysis) is 1. The van der Waals surface area contributed by atoms with E-state index in [1.54, 1.807) is 0 Å². The van der Waals surface area contributed by atoms with E-state index < -0.39 is 50.0 Å². The van der Waals surface area contributed by atoms with Gasteiger partial charge in [0.1, 0.15) is 6.61 Å². The van der Waals surface area contributed by atoms with Crippen LogP contribution in [0, 0.1) is 5.92 Å². The van der Waals surface area contributed by atoms with Gasteiger partial charge in [0.05, 0.1) is 18.8 Å². The van der Waals surface area contributed by atoms with Crippen LogP contribution in [0.2, 0.25) is 18.1 Å². The van der Waals surface area contributed by atoms with Gasteiger partial charge in [-0.15, -0.1) is 0 Å². The number of hydrogen-bond acceptors (Lipinski definition) is 7. The molecular formula is C24H35N3O7Si. The second kappa shape index (κ2) is 10.9. The number of nitrogens with one attached hydrogen (secondary N) is 2. The Balaban J connectivity index is 1.82. The molecule has 3 rings (SSSR count). The molecule has 3 N–H and O–H groups in total. The fourth-order valence-corrected chi connectivity index (χ4v) is 5.02. The van der Waals surface area contributed by atoms with Gasteiger partial charge in [0.25, 0.3) is 5.56 Å². The van der Waals surface area contributed by atoms with Crippen LogP contribution in [-0.4, -0.2) is 54.4 Å². The Morgan fingerprint density at radius 3 is 2.49 bits per heavy atom. The summed E-state index contributed by atoms with van der Waals surface area (Å²) >= 11 is 0. The zero-order valence-corrected chi connectivity index (χ0v) is 21.8. The highest BCUT2D eigenvalue weighted by atomic mass is 28.4. The summed E-state index contributed by atoms with van der Waals surface area (Å²) < 4.78 is 19.3. The van der Waals surface area contributed by atoms with E-state index in [1.807, 2.05) is 30.3 Å². The Bertz CT molecular complexity index is 1110. The molecule has 1 aliphatic heterocycles. The number of carbonyl (C=O) groups excluding carboxylic acids is 1. The normalized spacial score (nSPS) is 22.7. The van der Waals surface area contributed by atoms with Crippen LogP contribution in [0.25, 0.3) is 0 Å². The molecule has 0 radical (unpaired) electrons. The van der Waals surface area contributed by atoms with Crippen molar-refractivity contribution < 1.29 is 23.8 Å². The lowest BCUT2D eigenvalue weighted by Gasteiger charge is -2.40. The molecule has 0 bridgehead atoms. The molecule has 35 heavy (non-hydrogen) atoms. The Labute approximate surface area is 205 Å². The van der Waals surface area contributed by atoms with Crippen LogP contribution in [0.1, 0.15) is 32.6 Å². The van der Waals surface area contributed by atoms with Gasteiger partial charge in [-0.25, -0.2) is 9.59 Å². The van der Waals surface area contributed by atoms with Gasteiger partial charge in [0.15, 0.2) is 14.5 Å². The van der Waals surface area contributed by atoms with E-state index in [9.17, 15) is 19.5 Å². The molecule has 1 aromatic carbocycles. The molecule has 2 heterocycles. The highest BCUT2D eigenvalue weighted by Gasteiger charge is 2.50. The number of carbonyl (C=O) groups is 1. The number of nitrogens with zero attached hydrogens (tertiary/aromatic N) is 1. The highest BCUT2D eigenvalue weighted by molar-refractivity contribution is 6.74. The highest BCUT2D eigenvalue weighted by Crippen LogP contribution is 2.43. The molecule has 1 amide bonds. The molecule has 10 nitrogen and oxygen atoms in total. The molecule has 2 aromatic rings. The number of hydrogen-bond donors (Lipinski definition) is 3. The van der Waals surface area contributed by atoms with Crippen LogP contribution in [0.15, 0.2) is 52.2 Å². The molecule has 0 aliphatic carbocycles. The summed E-state index contributed by atoms with van der Waals surface area (Å²) in [6.45, 7) is 10.3. The average Bonchev–Trinajstić information content (AvgIpc) is 3.12. The minimum absolute atomic E-state index is 0.104. The molecule has 192 valence electrons. The summed E-state index contributed by atoms with van der Waals surface area (Å²) in [6.07, 6.45) is -1.51. The first-order chi connectivity index (χ1) is 16.4. The number of aromatic nitrogens is 2. The summed E-state index contributed by atoms with van der Waals surface area (Å²) in [4.78, 5) is 38.8. The molecule has 0 spiro atoms. The molecular weight excluding hydrogens is 470 g/mol. The van der Waals surface area contributed by atoms with Crippen LogP contribution in [-0.2, 0) is 20.5 Å². The van der Waals surface area contributed by atoms with Crippen molar-refractivity contribution in [2.24, 2.45) is 5.92 Å². The number of aliphatic hydroxyl groups excluding tert-OH is 1. The third kappa shape index (κ3) is 6.48. The molecule has 1 fully saturated rings. The van der Waals surface area contributed by atoms with Crippen molar-refractivity contribution in [1.29, 1.82) is 0 Å². The van der Waals surface area contributed by atoms with E-state index in [0.29, 0.717) is 0 Å². The third-order valence-electron chi connectivity index (χ3n) is 6.73.